The molecule has 1 aliphatic heterocycles. The first kappa shape index (κ1) is 21.0. The molecule has 3 aromatic carbocycles. The number of rotatable bonds is 4. The smallest absolute Gasteiger partial charge is 0.277 e. The number of benzene rings is 3. The Labute approximate surface area is 188 Å². The minimum atomic E-state index is -3.90. The molecule has 0 unspecified atom stereocenters. The van der Waals surface area contributed by atoms with E-state index in [0.717, 1.165) is 9.98 Å². The highest BCUT2D eigenvalue weighted by atomic mass is 35.5. The van der Waals surface area contributed by atoms with Crippen molar-refractivity contribution >= 4 is 62.1 Å². The number of anilines is 2. The first-order valence-corrected chi connectivity index (χ1v) is 11.3. The number of fused-ring (bicyclic) bond motifs is 1. The Balaban J connectivity index is 1.66. The van der Waals surface area contributed by atoms with Gasteiger partial charge in [-0.3, -0.25) is 4.79 Å². The molecule has 0 saturated heterocycles. The molecule has 154 valence electrons. The third kappa shape index (κ3) is 3.87. The van der Waals surface area contributed by atoms with Crippen LogP contribution in [0.4, 0.5) is 11.4 Å². The number of halogens is 3. The molecule has 0 fully saturated rings. The van der Waals surface area contributed by atoms with Crippen LogP contribution in [-0.4, -0.2) is 14.3 Å². The summed E-state index contributed by atoms with van der Waals surface area (Å²) >= 11 is 18.1. The van der Waals surface area contributed by atoms with Gasteiger partial charge in [-0.2, -0.15) is 12.8 Å². The highest BCUT2D eigenvalue weighted by molar-refractivity contribution is 7.92. The van der Waals surface area contributed by atoms with Crippen LogP contribution in [0.2, 0.25) is 15.1 Å². The van der Waals surface area contributed by atoms with Gasteiger partial charge in [-0.25, -0.2) is 5.43 Å². The van der Waals surface area contributed by atoms with Crippen molar-refractivity contribution in [2.75, 3.05) is 9.73 Å². The fraction of sp³-hybridized carbons (Fsp3) is 0.0500. The molecule has 1 heterocycles. The van der Waals surface area contributed by atoms with Crippen LogP contribution in [0.1, 0.15) is 15.9 Å². The van der Waals surface area contributed by atoms with Gasteiger partial charge in [0.15, 0.2) is 0 Å². The van der Waals surface area contributed by atoms with Crippen molar-refractivity contribution in [1.82, 2.24) is 5.43 Å². The van der Waals surface area contributed by atoms with E-state index in [-0.39, 0.29) is 20.5 Å². The van der Waals surface area contributed by atoms with E-state index in [1.165, 1.54) is 12.1 Å². The van der Waals surface area contributed by atoms with Crippen LogP contribution in [0, 0.1) is 0 Å². The summed E-state index contributed by atoms with van der Waals surface area (Å²) in [7, 11) is -3.90. The average Bonchev–Trinajstić information content (AvgIpc) is 3.12. The summed E-state index contributed by atoms with van der Waals surface area (Å²) in [6.07, 6.45) is 0. The Morgan fingerprint density at radius 2 is 1.67 bits per heavy atom. The lowest BCUT2D eigenvalue weighted by Crippen LogP contribution is -2.38. The average molecular weight is 483 g/mol. The Morgan fingerprint density at radius 3 is 2.37 bits per heavy atom. The van der Waals surface area contributed by atoms with E-state index in [1.54, 1.807) is 48.5 Å². The second-order valence-electron chi connectivity index (χ2n) is 6.46. The number of amides is 1. The maximum atomic E-state index is 13.1. The van der Waals surface area contributed by atoms with E-state index in [1.807, 2.05) is 0 Å². The zero-order chi connectivity index (χ0) is 21.5. The third-order valence-electron chi connectivity index (χ3n) is 4.50. The highest BCUT2D eigenvalue weighted by Crippen LogP contribution is 2.34. The van der Waals surface area contributed by atoms with Gasteiger partial charge in [0.1, 0.15) is 0 Å². The molecule has 1 amide bonds. The van der Waals surface area contributed by atoms with Gasteiger partial charge in [0.25, 0.3) is 15.9 Å². The minimum absolute atomic E-state index is 0.0487. The summed E-state index contributed by atoms with van der Waals surface area (Å²) in [5.74, 6) is -0.499. The van der Waals surface area contributed by atoms with E-state index in [4.69, 9.17) is 34.8 Å². The molecule has 0 bridgehead atoms. The van der Waals surface area contributed by atoms with Crippen molar-refractivity contribution in [3.8, 4) is 0 Å². The number of sulfonamides is 1. The summed E-state index contributed by atoms with van der Waals surface area (Å²) in [5.41, 5.74) is 4.55. The molecule has 4 rings (SSSR count). The Morgan fingerprint density at radius 1 is 0.967 bits per heavy atom. The van der Waals surface area contributed by atoms with Crippen LogP contribution in [0.25, 0.3) is 0 Å². The first-order valence-electron chi connectivity index (χ1n) is 8.70. The molecule has 0 saturated carbocycles. The number of carbonyl (C=O) groups excluding carboxylic acids is 1. The van der Waals surface area contributed by atoms with Crippen LogP contribution in [0.5, 0.6) is 0 Å². The fourth-order valence-corrected chi connectivity index (χ4v) is 5.30. The molecular formula is C20H14Cl3N3O3S. The van der Waals surface area contributed by atoms with Crippen LogP contribution < -0.4 is 15.2 Å². The van der Waals surface area contributed by atoms with Crippen LogP contribution >= 0.6 is 34.8 Å². The molecule has 2 N–H and O–H groups in total. The SMILES string of the molecule is O=C(Nc1ccc2c(c1)N(S(=O)(=O)c1cccc(Cl)c1)NC2)c1c(Cl)cccc1Cl. The lowest BCUT2D eigenvalue weighted by atomic mass is 10.1. The molecule has 0 spiro atoms. The second-order valence-corrected chi connectivity index (χ2v) is 9.49. The second kappa shape index (κ2) is 8.09. The van der Waals surface area contributed by atoms with E-state index >= 15 is 0 Å². The quantitative estimate of drug-likeness (QED) is 0.541. The highest BCUT2D eigenvalue weighted by Gasteiger charge is 2.31. The van der Waals surface area contributed by atoms with Gasteiger partial charge in [-0.05, 0) is 48.0 Å². The minimum Gasteiger partial charge on any atom is -0.322 e. The Bertz CT molecular complexity index is 1240. The summed E-state index contributed by atoms with van der Waals surface area (Å²) in [5, 5.41) is 3.46. The van der Waals surface area contributed by atoms with Crippen molar-refractivity contribution in [2.24, 2.45) is 0 Å². The maximum absolute atomic E-state index is 13.1. The van der Waals surface area contributed by atoms with E-state index in [2.05, 4.69) is 10.7 Å². The summed E-state index contributed by atoms with van der Waals surface area (Å²) < 4.78 is 27.2. The van der Waals surface area contributed by atoms with E-state index in [9.17, 15) is 13.2 Å². The zero-order valence-electron chi connectivity index (χ0n) is 15.2. The molecule has 1 aliphatic rings. The number of hydrogen-bond acceptors (Lipinski definition) is 4. The standard InChI is InChI=1S/C20H14Cl3N3O3S/c21-13-3-1-4-15(9-13)30(28,29)26-18-10-14(8-7-12(18)11-24-26)25-20(27)19-16(22)5-2-6-17(19)23/h1-10,24H,11H2,(H,25,27). The Hall–Kier alpha value is -2.29. The van der Waals surface area contributed by atoms with Crippen LogP contribution in [-0.2, 0) is 16.6 Å². The number of carbonyl (C=O) groups is 1. The van der Waals surface area contributed by atoms with Gasteiger partial charge in [0.05, 0.1) is 26.2 Å². The Kier molecular flexibility index (Phi) is 5.65. The third-order valence-corrected chi connectivity index (χ3v) is 7.02. The number of hydrogen-bond donors (Lipinski definition) is 2. The fourth-order valence-electron chi connectivity index (χ4n) is 3.08. The van der Waals surface area contributed by atoms with Gasteiger partial charge >= 0.3 is 0 Å². The lowest BCUT2D eigenvalue weighted by molar-refractivity contribution is 0.102. The number of nitrogens with one attached hydrogen (secondary N) is 2. The first-order chi connectivity index (χ1) is 14.3. The van der Waals surface area contributed by atoms with Crippen LogP contribution in [0.3, 0.4) is 0 Å². The molecule has 3 aromatic rings. The van der Waals surface area contributed by atoms with Crippen molar-refractivity contribution < 1.29 is 13.2 Å². The lowest BCUT2D eigenvalue weighted by Gasteiger charge is -2.20. The van der Waals surface area contributed by atoms with Crippen molar-refractivity contribution in [3.05, 3.63) is 86.9 Å². The van der Waals surface area contributed by atoms with Gasteiger partial charge in [-0.15, -0.1) is 0 Å². The number of hydrazine groups is 1. The normalized spacial score (nSPS) is 13.2. The van der Waals surface area contributed by atoms with E-state index < -0.39 is 15.9 Å². The van der Waals surface area contributed by atoms with Crippen LogP contribution in [0.15, 0.2) is 65.6 Å². The largest absolute Gasteiger partial charge is 0.322 e. The van der Waals surface area contributed by atoms with Gasteiger partial charge in [0.2, 0.25) is 0 Å². The van der Waals surface area contributed by atoms with Crippen molar-refractivity contribution in [1.29, 1.82) is 0 Å². The topological polar surface area (TPSA) is 78.5 Å². The molecule has 0 atom stereocenters. The molecule has 0 aliphatic carbocycles. The van der Waals surface area contributed by atoms with Gasteiger partial charge in [-0.1, -0.05) is 53.0 Å². The summed E-state index contributed by atoms with van der Waals surface area (Å²) in [6.45, 7) is 0.319. The summed E-state index contributed by atoms with van der Waals surface area (Å²) in [4.78, 5) is 12.7. The molecule has 30 heavy (non-hydrogen) atoms. The monoisotopic (exact) mass is 481 g/mol. The van der Waals surface area contributed by atoms with Crippen molar-refractivity contribution in [2.45, 2.75) is 11.4 Å². The van der Waals surface area contributed by atoms with Gasteiger partial charge < -0.3 is 5.32 Å². The predicted octanol–water partition coefficient (Wildman–Crippen LogP) is 5.11. The molecule has 0 radical (unpaired) electrons. The zero-order valence-corrected chi connectivity index (χ0v) is 18.3. The number of nitrogens with zero attached hydrogens (tertiary/aromatic N) is 1. The maximum Gasteiger partial charge on any atom is 0.277 e. The van der Waals surface area contributed by atoms with E-state index in [0.29, 0.717) is 22.9 Å². The molecular weight excluding hydrogens is 469 g/mol. The van der Waals surface area contributed by atoms with Crippen molar-refractivity contribution in [3.63, 3.8) is 0 Å². The summed E-state index contributed by atoms with van der Waals surface area (Å²) in [6, 6.07) is 15.8. The molecule has 10 heteroatoms. The molecule has 0 aromatic heterocycles. The molecule has 6 nitrogen and oxygen atoms in total. The van der Waals surface area contributed by atoms with Gasteiger partial charge in [0, 0.05) is 17.3 Å². The predicted molar refractivity (Wildman–Crippen MR) is 119 cm³/mol.